The van der Waals surface area contributed by atoms with Gasteiger partial charge in [-0.1, -0.05) is 12.2 Å². The summed E-state index contributed by atoms with van der Waals surface area (Å²) < 4.78 is 18.3. The second-order valence-electron chi connectivity index (χ2n) is 2.81. The van der Waals surface area contributed by atoms with E-state index >= 15 is 0 Å². The Bertz CT molecular complexity index is 341. The molecule has 2 nitrogen and oxygen atoms in total. The van der Waals surface area contributed by atoms with Gasteiger partial charge < -0.3 is 10.5 Å². The number of rotatable bonds is 4. The first-order valence-electron chi connectivity index (χ1n) is 4.31. The lowest BCUT2D eigenvalue weighted by atomic mass is 10.1. The van der Waals surface area contributed by atoms with Crippen molar-refractivity contribution < 1.29 is 9.13 Å². The lowest BCUT2D eigenvalue weighted by Gasteiger charge is -2.05. The van der Waals surface area contributed by atoms with Crippen LogP contribution in [0.2, 0.25) is 0 Å². The second kappa shape index (κ2) is 5.02. The minimum Gasteiger partial charge on any atom is -0.389 e. The molecule has 0 heterocycles. The molecule has 2 N–H and O–H groups in total. The molecule has 0 saturated heterocycles. The molecule has 0 saturated carbocycles. The molecule has 0 radical (unpaired) electrons. The van der Waals surface area contributed by atoms with E-state index in [2.05, 4.69) is 0 Å². The fraction of sp³-hybridized carbons (Fsp3) is 0.300. The van der Waals surface area contributed by atoms with Crippen LogP contribution in [0.15, 0.2) is 18.2 Å². The number of hydrogen-bond donors (Lipinski definition) is 1. The molecule has 4 heteroatoms. The Morgan fingerprint density at radius 3 is 2.86 bits per heavy atom. The van der Waals surface area contributed by atoms with E-state index in [0.717, 1.165) is 0 Å². The molecule has 1 rings (SSSR count). The Morgan fingerprint density at radius 1 is 1.57 bits per heavy atom. The molecule has 0 aliphatic carbocycles. The summed E-state index contributed by atoms with van der Waals surface area (Å²) in [4.78, 5) is 0.266. The number of hydrogen-bond acceptors (Lipinski definition) is 2. The van der Waals surface area contributed by atoms with Crippen molar-refractivity contribution in [2.75, 3.05) is 6.61 Å². The molecule has 0 spiro atoms. The average Bonchev–Trinajstić information content (AvgIpc) is 2.16. The third kappa shape index (κ3) is 2.75. The van der Waals surface area contributed by atoms with Gasteiger partial charge in [0.2, 0.25) is 0 Å². The van der Waals surface area contributed by atoms with Gasteiger partial charge in [-0.3, -0.25) is 0 Å². The minimum absolute atomic E-state index is 0.249. The summed E-state index contributed by atoms with van der Waals surface area (Å²) in [5.41, 5.74) is 6.58. The molecule has 14 heavy (non-hydrogen) atoms. The third-order valence-electron chi connectivity index (χ3n) is 1.79. The van der Waals surface area contributed by atoms with Crippen LogP contribution in [-0.2, 0) is 11.3 Å². The lowest BCUT2D eigenvalue weighted by Crippen LogP contribution is -2.10. The summed E-state index contributed by atoms with van der Waals surface area (Å²) in [6.45, 7) is 2.66. The average molecular weight is 213 g/mol. The third-order valence-corrected chi connectivity index (χ3v) is 2.03. The predicted molar refractivity (Wildman–Crippen MR) is 57.6 cm³/mol. The van der Waals surface area contributed by atoms with Gasteiger partial charge in [-0.2, -0.15) is 0 Å². The van der Waals surface area contributed by atoms with E-state index in [1.165, 1.54) is 6.07 Å². The van der Waals surface area contributed by atoms with Crippen LogP contribution in [0.25, 0.3) is 0 Å². The smallest absolute Gasteiger partial charge is 0.128 e. The van der Waals surface area contributed by atoms with Crippen LogP contribution < -0.4 is 5.73 Å². The van der Waals surface area contributed by atoms with Crippen molar-refractivity contribution >= 4 is 17.2 Å². The highest BCUT2D eigenvalue weighted by molar-refractivity contribution is 7.80. The van der Waals surface area contributed by atoms with Gasteiger partial charge in [-0.05, 0) is 25.1 Å². The summed E-state index contributed by atoms with van der Waals surface area (Å²) in [6.07, 6.45) is 0. The summed E-state index contributed by atoms with van der Waals surface area (Å²) in [6, 6.07) is 4.53. The maximum Gasteiger partial charge on any atom is 0.128 e. The van der Waals surface area contributed by atoms with Crippen LogP contribution in [0.1, 0.15) is 18.1 Å². The standard InChI is InChI=1S/C10H12FNOS/c1-2-13-6-8-5-7(10(12)14)3-4-9(8)11/h3-5H,2,6H2,1H3,(H2,12,14). The SMILES string of the molecule is CCOCc1cc(C(N)=S)ccc1F. The van der Waals surface area contributed by atoms with E-state index in [1.807, 2.05) is 6.92 Å². The summed E-state index contributed by atoms with van der Waals surface area (Å²) >= 11 is 4.79. The van der Waals surface area contributed by atoms with Gasteiger partial charge in [0.25, 0.3) is 0 Å². The minimum atomic E-state index is -0.293. The van der Waals surface area contributed by atoms with Gasteiger partial charge in [0.15, 0.2) is 0 Å². The molecule has 76 valence electrons. The van der Waals surface area contributed by atoms with E-state index in [4.69, 9.17) is 22.7 Å². The molecule has 0 amide bonds. The molecule has 0 unspecified atom stereocenters. The first kappa shape index (κ1) is 11.1. The van der Waals surface area contributed by atoms with E-state index in [9.17, 15) is 4.39 Å². The van der Waals surface area contributed by atoms with Crippen LogP contribution in [0, 0.1) is 5.82 Å². The van der Waals surface area contributed by atoms with Gasteiger partial charge >= 0.3 is 0 Å². The van der Waals surface area contributed by atoms with Gasteiger partial charge in [0.05, 0.1) is 6.61 Å². The van der Waals surface area contributed by atoms with E-state index in [-0.39, 0.29) is 17.4 Å². The first-order valence-corrected chi connectivity index (χ1v) is 4.72. The predicted octanol–water partition coefficient (Wildman–Crippen LogP) is 2.00. The van der Waals surface area contributed by atoms with Gasteiger partial charge in [-0.25, -0.2) is 4.39 Å². The van der Waals surface area contributed by atoms with Gasteiger partial charge in [0, 0.05) is 17.7 Å². The summed E-state index contributed by atoms with van der Waals surface area (Å²) in [5, 5.41) is 0. The van der Waals surface area contributed by atoms with Crippen molar-refractivity contribution in [2.24, 2.45) is 5.73 Å². The monoisotopic (exact) mass is 213 g/mol. The summed E-state index contributed by atoms with van der Waals surface area (Å²) in [5.74, 6) is -0.293. The van der Waals surface area contributed by atoms with E-state index in [0.29, 0.717) is 17.7 Å². The molecule has 0 fully saturated rings. The Hall–Kier alpha value is -1.00. The quantitative estimate of drug-likeness (QED) is 0.777. The molecular weight excluding hydrogens is 201 g/mol. The largest absolute Gasteiger partial charge is 0.389 e. The van der Waals surface area contributed by atoms with Gasteiger partial charge in [0.1, 0.15) is 10.8 Å². The Labute approximate surface area is 87.9 Å². The lowest BCUT2D eigenvalue weighted by molar-refractivity contribution is 0.131. The van der Waals surface area contributed by atoms with E-state index < -0.39 is 0 Å². The molecule has 0 bridgehead atoms. The van der Waals surface area contributed by atoms with Gasteiger partial charge in [-0.15, -0.1) is 0 Å². The molecule has 0 aliphatic heterocycles. The van der Waals surface area contributed by atoms with Crippen molar-refractivity contribution in [1.82, 2.24) is 0 Å². The number of halogens is 1. The number of benzene rings is 1. The zero-order valence-corrected chi connectivity index (χ0v) is 8.73. The van der Waals surface area contributed by atoms with Crippen molar-refractivity contribution in [2.45, 2.75) is 13.5 Å². The zero-order chi connectivity index (χ0) is 10.6. The fourth-order valence-electron chi connectivity index (χ4n) is 1.05. The Balaban J connectivity index is 2.90. The zero-order valence-electron chi connectivity index (χ0n) is 7.92. The highest BCUT2D eigenvalue weighted by Gasteiger charge is 2.04. The van der Waals surface area contributed by atoms with Crippen molar-refractivity contribution in [3.05, 3.63) is 35.1 Å². The van der Waals surface area contributed by atoms with Crippen LogP contribution in [-0.4, -0.2) is 11.6 Å². The van der Waals surface area contributed by atoms with E-state index in [1.54, 1.807) is 12.1 Å². The highest BCUT2D eigenvalue weighted by atomic mass is 32.1. The fourth-order valence-corrected chi connectivity index (χ4v) is 1.18. The van der Waals surface area contributed by atoms with Crippen LogP contribution >= 0.6 is 12.2 Å². The number of nitrogens with two attached hydrogens (primary N) is 1. The van der Waals surface area contributed by atoms with Crippen molar-refractivity contribution in [1.29, 1.82) is 0 Å². The molecule has 1 aromatic rings. The Morgan fingerprint density at radius 2 is 2.29 bits per heavy atom. The number of ether oxygens (including phenoxy) is 1. The maximum atomic E-state index is 13.2. The molecular formula is C10H12FNOS. The van der Waals surface area contributed by atoms with Crippen molar-refractivity contribution in [3.8, 4) is 0 Å². The highest BCUT2D eigenvalue weighted by Crippen LogP contribution is 2.11. The summed E-state index contributed by atoms with van der Waals surface area (Å²) in [7, 11) is 0. The maximum absolute atomic E-state index is 13.2. The molecule has 0 aromatic heterocycles. The number of thiocarbonyl (C=S) groups is 1. The molecule has 0 aliphatic rings. The van der Waals surface area contributed by atoms with Crippen LogP contribution in [0.4, 0.5) is 4.39 Å². The first-order chi connectivity index (χ1) is 6.65. The Kier molecular flexibility index (Phi) is 3.98. The molecule has 0 atom stereocenters. The topological polar surface area (TPSA) is 35.2 Å². The second-order valence-corrected chi connectivity index (χ2v) is 3.25. The normalized spacial score (nSPS) is 10.1. The van der Waals surface area contributed by atoms with Crippen LogP contribution in [0.3, 0.4) is 0 Å². The van der Waals surface area contributed by atoms with Crippen molar-refractivity contribution in [3.63, 3.8) is 0 Å². The molecule has 1 aromatic carbocycles. The van der Waals surface area contributed by atoms with Crippen LogP contribution in [0.5, 0.6) is 0 Å².